The number of imidazole rings is 1. The van der Waals surface area contributed by atoms with Crippen LogP contribution in [0.15, 0.2) is 54.0 Å². The Morgan fingerprint density at radius 3 is 2.86 bits per heavy atom. The van der Waals surface area contributed by atoms with Crippen molar-refractivity contribution in [2.24, 2.45) is 0 Å². The number of rotatable bonds is 4. The second kappa shape index (κ2) is 6.97. The molecule has 0 radical (unpaired) electrons. The molecule has 0 unspecified atom stereocenters. The van der Waals surface area contributed by atoms with E-state index in [0.717, 1.165) is 16.0 Å². The number of ether oxygens (including phenoxy) is 2. The van der Waals surface area contributed by atoms with Crippen molar-refractivity contribution < 1.29 is 14.3 Å². The third kappa shape index (κ3) is 3.07. The summed E-state index contributed by atoms with van der Waals surface area (Å²) in [7, 11) is 0. The van der Waals surface area contributed by atoms with Crippen LogP contribution in [-0.2, 0) is 11.3 Å². The highest BCUT2D eigenvalue weighted by Gasteiger charge is 2.18. The Hall–Kier alpha value is -3.39. The van der Waals surface area contributed by atoms with Crippen LogP contribution in [0.2, 0.25) is 0 Å². The molecule has 0 spiro atoms. The Morgan fingerprint density at radius 1 is 1.14 bits per heavy atom. The molecule has 8 heteroatoms. The van der Waals surface area contributed by atoms with Crippen LogP contribution in [0.5, 0.6) is 11.5 Å². The average molecular weight is 392 g/mol. The monoisotopic (exact) mass is 392 g/mol. The molecule has 7 nitrogen and oxygen atoms in total. The van der Waals surface area contributed by atoms with Gasteiger partial charge in [-0.1, -0.05) is 12.1 Å². The zero-order valence-electron chi connectivity index (χ0n) is 14.8. The van der Waals surface area contributed by atoms with E-state index in [2.05, 4.69) is 15.3 Å². The van der Waals surface area contributed by atoms with Crippen LogP contribution >= 0.6 is 11.3 Å². The zero-order valence-corrected chi connectivity index (χ0v) is 15.6. The second-order valence-corrected chi connectivity index (χ2v) is 7.15. The highest BCUT2D eigenvalue weighted by Crippen LogP contribution is 2.32. The van der Waals surface area contributed by atoms with Gasteiger partial charge in [-0.25, -0.2) is 9.97 Å². The van der Waals surface area contributed by atoms with E-state index in [1.807, 2.05) is 34.2 Å². The molecule has 2 aromatic carbocycles. The molecule has 0 atom stereocenters. The van der Waals surface area contributed by atoms with Gasteiger partial charge in [0.2, 0.25) is 5.91 Å². The summed E-state index contributed by atoms with van der Waals surface area (Å²) < 4.78 is 13.0. The predicted molar refractivity (Wildman–Crippen MR) is 107 cm³/mol. The van der Waals surface area contributed by atoms with Crippen molar-refractivity contribution in [3.05, 3.63) is 54.0 Å². The van der Waals surface area contributed by atoms with Crippen LogP contribution in [-0.4, -0.2) is 33.7 Å². The predicted octanol–water partition coefficient (Wildman–Crippen LogP) is 3.57. The van der Waals surface area contributed by atoms with Gasteiger partial charge >= 0.3 is 0 Å². The van der Waals surface area contributed by atoms with E-state index in [1.165, 1.54) is 11.3 Å². The summed E-state index contributed by atoms with van der Waals surface area (Å²) in [5.41, 5.74) is 2.39. The second-order valence-electron chi connectivity index (χ2n) is 6.25. The van der Waals surface area contributed by atoms with Crippen molar-refractivity contribution >= 4 is 34.0 Å². The van der Waals surface area contributed by atoms with E-state index >= 15 is 0 Å². The summed E-state index contributed by atoms with van der Waals surface area (Å²) in [6.07, 6.45) is 1.74. The molecule has 1 aliphatic rings. The molecule has 3 heterocycles. The van der Waals surface area contributed by atoms with Crippen molar-refractivity contribution in [2.75, 3.05) is 18.5 Å². The fourth-order valence-corrected chi connectivity index (χ4v) is 3.83. The summed E-state index contributed by atoms with van der Waals surface area (Å²) in [5.74, 6) is 1.86. The van der Waals surface area contributed by atoms with Crippen molar-refractivity contribution in [2.45, 2.75) is 6.54 Å². The molecule has 1 aliphatic heterocycles. The van der Waals surface area contributed by atoms with Gasteiger partial charge in [0.15, 0.2) is 22.3 Å². The third-order valence-electron chi connectivity index (χ3n) is 4.41. The number of thiazole rings is 1. The number of aromatic nitrogens is 3. The molecule has 1 N–H and O–H groups in total. The molecular weight excluding hydrogens is 376 g/mol. The number of amides is 1. The van der Waals surface area contributed by atoms with Crippen molar-refractivity contribution in [3.8, 4) is 22.3 Å². The number of anilines is 1. The number of nitrogens with one attached hydrogen (secondary N) is 1. The fraction of sp³-hybridized carbons (Fsp3) is 0.150. The molecule has 0 saturated heterocycles. The van der Waals surface area contributed by atoms with Crippen LogP contribution in [0.4, 0.5) is 5.69 Å². The van der Waals surface area contributed by atoms with Crippen molar-refractivity contribution in [1.29, 1.82) is 0 Å². The summed E-state index contributed by atoms with van der Waals surface area (Å²) >= 11 is 1.50. The summed E-state index contributed by atoms with van der Waals surface area (Å²) in [6, 6.07) is 13.1. The molecule has 0 aliphatic carbocycles. The van der Waals surface area contributed by atoms with Gasteiger partial charge in [-0.2, -0.15) is 0 Å². The van der Waals surface area contributed by atoms with Gasteiger partial charge in [-0.3, -0.25) is 4.79 Å². The molecule has 0 bridgehead atoms. The first-order chi connectivity index (χ1) is 13.8. The van der Waals surface area contributed by atoms with Crippen molar-refractivity contribution in [3.63, 3.8) is 0 Å². The van der Waals surface area contributed by atoms with Gasteiger partial charge in [-0.15, -0.1) is 11.3 Å². The quantitative estimate of drug-likeness (QED) is 0.574. The van der Waals surface area contributed by atoms with E-state index < -0.39 is 0 Å². The molecule has 0 fully saturated rings. The average Bonchev–Trinajstić information content (AvgIpc) is 3.36. The van der Waals surface area contributed by atoms with E-state index in [-0.39, 0.29) is 12.5 Å². The molecule has 5 rings (SSSR count). The standard InChI is InChI=1S/C20H16N4O3S/c25-18(22-13-5-6-16-17(11-13)27-9-8-26-16)12-24-15-4-2-1-3-14(15)23-19(24)20-21-7-10-28-20/h1-7,10-11H,8-9,12H2,(H,22,25). The highest BCUT2D eigenvalue weighted by molar-refractivity contribution is 7.13. The minimum Gasteiger partial charge on any atom is -0.486 e. The van der Waals surface area contributed by atoms with Crippen molar-refractivity contribution in [1.82, 2.24) is 14.5 Å². The Labute approximate surface area is 164 Å². The van der Waals surface area contributed by atoms with Gasteiger partial charge in [-0.05, 0) is 24.3 Å². The number of fused-ring (bicyclic) bond motifs is 2. The SMILES string of the molecule is O=C(Cn1c(-c2nccs2)nc2ccccc21)Nc1ccc2c(c1)OCCO2. The maximum absolute atomic E-state index is 12.8. The minimum absolute atomic E-state index is 0.129. The van der Waals surface area contributed by atoms with E-state index in [9.17, 15) is 4.79 Å². The number of hydrogen-bond donors (Lipinski definition) is 1. The molecule has 140 valence electrons. The van der Waals surface area contributed by atoms with Crippen LogP contribution in [0.1, 0.15) is 0 Å². The zero-order chi connectivity index (χ0) is 18.9. The number of carbonyl (C=O) groups excluding carboxylic acids is 1. The van der Waals surface area contributed by atoms with Gasteiger partial charge in [0.05, 0.1) is 11.0 Å². The lowest BCUT2D eigenvalue weighted by Gasteiger charge is -2.19. The van der Waals surface area contributed by atoms with Crippen LogP contribution in [0.25, 0.3) is 21.9 Å². The van der Waals surface area contributed by atoms with E-state index in [1.54, 1.807) is 24.4 Å². The fourth-order valence-electron chi connectivity index (χ4n) is 3.20. The number of nitrogens with zero attached hydrogens (tertiary/aromatic N) is 3. The van der Waals surface area contributed by atoms with E-state index in [4.69, 9.17) is 9.47 Å². The van der Waals surface area contributed by atoms with Gasteiger partial charge in [0.1, 0.15) is 19.8 Å². The number of para-hydroxylation sites is 2. The minimum atomic E-state index is -0.155. The first-order valence-corrected chi connectivity index (χ1v) is 9.70. The lowest BCUT2D eigenvalue weighted by Crippen LogP contribution is -2.20. The smallest absolute Gasteiger partial charge is 0.244 e. The molecule has 4 aromatic rings. The molecule has 0 saturated carbocycles. The van der Waals surface area contributed by atoms with Crippen LogP contribution in [0.3, 0.4) is 0 Å². The summed E-state index contributed by atoms with van der Waals surface area (Å²) in [5, 5.41) is 5.61. The van der Waals surface area contributed by atoms with Crippen LogP contribution < -0.4 is 14.8 Å². The molecule has 28 heavy (non-hydrogen) atoms. The Bertz CT molecular complexity index is 1150. The Kier molecular flexibility index (Phi) is 4.17. The topological polar surface area (TPSA) is 78.3 Å². The Morgan fingerprint density at radius 2 is 2.00 bits per heavy atom. The molecular formula is C20H16N4O3S. The van der Waals surface area contributed by atoms with Crippen LogP contribution in [0, 0.1) is 0 Å². The largest absolute Gasteiger partial charge is 0.486 e. The number of benzene rings is 2. The highest BCUT2D eigenvalue weighted by atomic mass is 32.1. The summed E-state index contributed by atoms with van der Waals surface area (Å²) in [6.45, 7) is 1.17. The Balaban J connectivity index is 1.43. The maximum Gasteiger partial charge on any atom is 0.244 e. The third-order valence-corrected chi connectivity index (χ3v) is 5.17. The lowest BCUT2D eigenvalue weighted by molar-refractivity contribution is -0.116. The molecule has 2 aromatic heterocycles. The maximum atomic E-state index is 12.8. The number of hydrogen-bond acceptors (Lipinski definition) is 6. The molecule has 1 amide bonds. The first-order valence-electron chi connectivity index (χ1n) is 8.82. The van der Waals surface area contributed by atoms with E-state index in [0.29, 0.717) is 36.2 Å². The van der Waals surface area contributed by atoms with Gasteiger partial charge in [0, 0.05) is 23.3 Å². The normalized spacial score (nSPS) is 12.9. The summed E-state index contributed by atoms with van der Waals surface area (Å²) in [4.78, 5) is 21.8. The van der Waals surface area contributed by atoms with Gasteiger partial charge < -0.3 is 19.4 Å². The number of carbonyl (C=O) groups is 1. The first kappa shape index (κ1) is 16.8. The van der Waals surface area contributed by atoms with Gasteiger partial charge in [0.25, 0.3) is 0 Å². The lowest BCUT2D eigenvalue weighted by atomic mass is 10.2.